The Bertz CT molecular complexity index is 378. The lowest BCUT2D eigenvalue weighted by atomic mass is 10.1. The maximum atomic E-state index is 4.53. The van der Waals surface area contributed by atoms with Gasteiger partial charge in [-0.15, -0.1) is 0 Å². The zero-order valence-electron chi connectivity index (χ0n) is 11.8. The quantitative estimate of drug-likeness (QED) is 0.888. The van der Waals surface area contributed by atoms with Gasteiger partial charge in [0.15, 0.2) is 0 Å². The maximum Gasteiger partial charge on any atom is 0.0573 e. The first-order valence-corrected chi connectivity index (χ1v) is 7.08. The molecule has 1 N–H and O–H groups in total. The Balaban J connectivity index is 2.08. The standard InChI is InChI=1S/C15H25N3/c1-4-14-10-18(13(3)7-9-16-14)11-15-12(2)6-5-8-17-15/h5-6,8,13-14,16H,4,7,9-11H2,1-3H3. The normalized spacial score (nSPS) is 25.9. The Kier molecular flexibility index (Phi) is 4.72. The molecule has 1 aliphatic heterocycles. The van der Waals surface area contributed by atoms with E-state index in [-0.39, 0.29) is 0 Å². The van der Waals surface area contributed by atoms with Crippen LogP contribution in [0.5, 0.6) is 0 Å². The van der Waals surface area contributed by atoms with Gasteiger partial charge in [0, 0.05) is 31.4 Å². The molecular weight excluding hydrogens is 222 g/mol. The first-order valence-electron chi connectivity index (χ1n) is 7.08. The highest BCUT2D eigenvalue weighted by molar-refractivity contribution is 5.17. The van der Waals surface area contributed by atoms with E-state index in [2.05, 4.69) is 42.0 Å². The number of rotatable bonds is 3. The van der Waals surface area contributed by atoms with E-state index in [1.807, 2.05) is 12.3 Å². The van der Waals surface area contributed by atoms with Crippen molar-refractivity contribution in [2.75, 3.05) is 13.1 Å². The molecule has 2 atom stereocenters. The van der Waals surface area contributed by atoms with Crippen LogP contribution >= 0.6 is 0 Å². The summed E-state index contributed by atoms with van der Waals surface area (Å²) >= 11 is 0. The third kappa shape index (κ3) is 3.30. The molecule has 0 saturated carbocycles. The SMILES string of the molecule is CCC1CN(Cc2ncccc2C)C(C)CCN1. The molecule has 2 unspecified atom stereocenters. The first kappa shape index (κ1) is 13.5. The van der Waals surface area contributed by atoms with E-state index in [1.165, 1.54) is 24.1 Å². The molecule has 1 saturated heterocycles. The van der Waals surface area contributed by atoms with Crippen molar-refractivity contribution < 1.29 is 0 Å². The van der Waals surface area contributed by atoms with Crippen LogP contribution in [0.25, 0.3) is 0 Å². The van der Waals surface area contributed by atoms with Crippen molar-refractivity contribution in [3.05, 3.63) is 29.6 Å². The second-order valence-electron chi connectivity index (χ2n) is 5.39. The largest absolute Gasteiger partial charge is 0.313 e. The first-order chi connectivity index (χ1) is 8.70. The van der Waals surface area contributed by atoms with Crippen LogP contribution in [0.15, 0.2) is 18.3 Å². The topological polar surface area (TPSA) is 28.2 Å². The van der Waals surface area contributed by atoms with Gasteiger partial charge in [0.1, 0.15) is 0 Å². The van der Waals surface area contributed by atoms with Crippen LogP contribution < -0.4 is 5.32 Å². The van der Waals surface area contributed by atoms with Crippen molar-refractivity contribution in [2.24, 2.45) is 0 Å². The van der Waals surface area contributed by atoms with Gasteiger partial charge in [-0.25, -0.2) is 0 Å². The second-order valence-corrected chi connectivity index (χ2v) is 5.39. The monoisotopic (exact) mass is 247 g/mol. The molecular formula is C15H25N3. The van der Waals surface area contributed by atoms with Gasteiger partial charge in [-0.05, 0) is 44.9 Å². The molecule has 2 heterocycles. The molecule has 3 nitrogen and oxygen atoms in total. The van der Waals surface area contributed by atoms with Crippen molar-refractivity contribution in [3.63, 3.8) is 0 Å². The number of pyridine rings is 1. The highest BCUT2D eigenvalue weighted by Gasteiger charge is 2.22. The molecule has 1 aromatic rings. The summed E-state index contributed by atoms with van der Waals surface area (Å²) in [5, 5.41) is 3.63. The van der Waals surface area contributed by atoms with Crippen LogP contribution in [0.3, 0.4) is 0 Å². The fourth-order valence-electron chi connectivity index (χ4n) is 2.58. The van der Waals surface area contributed by atoms with Gasteiger partial charge in [-0.3, -0.25) is 9.88 Å². The van der Waals surface area contributed by atoms with Crippen LogP contribution in [0, 0.1) is 6.92 Å². The molecule has 0 aromatic carbocycles. The Hall–Kier alpha value is -0.930. The molecule has 1 fully saturated rings. The van der Waals surface area contributed by atoms with E-state index in [4.69, 9.17) is 0 Å². The Labute approximate surface area is 111 Å². The lowest BCUT2D eigenvalue weighted by molar-refractivity contribution is 0.192. The van der Waals surface area contributed by atoms with E-state index in [0.717, 1.165) is 19.6 Å². The molecule has 0 bridgehead atoms. The van der Waals surface area contributed by atoms with E-state index >= 15 is 0 Å². The van der Waals surface area contributed by atoms with Gasteiger partial charge in [0.2, 0.25) is 0 Å². The summed E-state index contributed by atoms with van der Waals surface area (Å²) in [7, 11) is 0. The zero-order chi connectivity index (χ0) is 13.0. The van der Waals surface area contributed by atoms with Gasteiger partial charge in [-0.1, -0.05) is 13.0 Å². The van der Waals surface area contributed by atoms with Gasteiger partial charge in [-0.2, -0.15) is 0 Å². The molecule has 3 heteroatoms. The average molecular weight is 247 g/mol. The summed E-state index contributed by atoms with van der Waals surface area (Å²) in [5.41, 5.74) is 2.52. The number of aryl methyl sites for hydroxylation is 1. The van der Waals surface area contributed by atoms with Gasteiger partial charge in [0.25, 0.3) is 0 Å². The van der Waals surface area contributed by atoms with E-state index in [9.17, 15) is 0 Å². The van der Waals surface area contributed by atoms with E-state index in [1.54, 1.807) is 0 Å². The molecule has 1 aromatic heterocycles. The zero-order valence-corrected chi connectivity index (χ0v) is 11.8. The van der Waals surface area contributed by atoms with Crippen molar-refractivity contribution in [2.45, 2.75) is 52.2 Å². The van der Waals surface area contributed by atoms with Crippen LogP contribution in [0.4, 0.5) is 0 Å². The van der Waals surface area contributed by atoms with Crippen LogP contribution in [-0.2, 0) is 6.54 Å². The minimum absolute atomic E-state index is 0.624. The molecule has 18 heavy (non-hydrogen) atoms. The fraction of sp³-hybridized carbons (Fsp3) is 0.667. The number of hydrogen-bond donors (Lipinski definition) is 1. The maximum absolute atomic E-state index is 4.53. The van der Waals surface area contributed by atoms with Crippen molar-refractivity contribution in [1.29, 1.82) is 0 Å². The summed E-state index contributed by atoms with van der Waals surface area (Å²) in [6.45, 7) is 9.99. The molecule has 0 spiro atoms. The average Bonchev–Trinajstić information content (AvgIpc) is 2.55. The number of aromatic nitrogens is 1. The predicted octanol–water partition coefficient (Wildman–Crippen LogP) is 2.35. The minimum atomic E-state index is 0.624. The molecule has 100 valence electrons. The summed E-state index contributed by atoms with van der Waals surface area (Å²) in [4.78, 5) is 7.10. The smallest absolute Gasteiger partial charge is 0.0573 e. The molecule has 0 aliphatic carbocycles. The summed E-state index contributed by atoms with van der Waals surface area (Å²) < 4.78 is 0. The van der Waals surface area contributed by atoms with E-state index < -0.39 is 0 Å². The van der Waals surface area contributed by atoms with Crippen molar-refractivity contribution in [3.8, 4) is 0 Å². The third-order valence-corrected chi connectivity index (χ3v) is 4.04. The lowest BCUT2D eigenvalue weighted by Gasteiger charge is -2.28. The van der Waals surface area contributed by atoms with E-state index in [0.29, 0.717) is 12.1 Å². The van der Waals surface area contributed by atoms with Crippen molar-refractivity contribution in [1.82, 2.24) is 15.2 Å². The molecule has 0 radical (unpaired) electrons. The number of nitrogens with zero attached hydrogens (tertiary/aromatic N) is 2. The van der Waals surface area contributed by atoms with Gasteiger partial charge in [0.05, 0.1) is 5.69 Å². The Morgan fingerprint density at radius 2 is 2.33 bits per heavy atom. The second kappa shape index (κ2) is 6.30. The number of hydrogen-bond acceptors (Lipinski definition) is 3. The highest BCUT2D eigenvalue weighted by atomic mass is 15.2. The minimum Gasteiger partial charge on any atom is -0.313 e. The summed E-state index contributed by atoms with van der Waals surface area (Å²) in [6, 6.07) is 5.43. The predicted molar refractivity (Wildman–Crippen MR) is 75.5 cm³/mol. The summed E-state index contributed by atoms with van der Waals surface area (Å²) in [6.07, 6.45) is 4.33. The molecule has 0 amide bonds. The third-order valence-electron chi connectivity index (χ3n) is 4.04. The van der Waals surface area contributed by atoms with Crippen LogP contribution in [0.1, 0.15) is 37.9 Å². The van der Waals surface area contributed by atoms with Crippen molar-refractivity contribution >= 4 is 0 Å². The lowest BCUT2D eigenvalue weighted by Crippen LogP contribution is -2.39. The fourth-order valence-corrected chi connectivity index (χ4v) is 2.58. The molecule has 1 aliphatic rings. The Morgan fingerprint density at radius 1 is 1.50 bits per heavy atom. The number of nitrogens with one attached hydrogen (secondary N) is 1. The van der Waals surface area contributed by atoms with Crippen LogP contribution in [0.2, 0.25) is 0 Å². The Morgan fingerprint density at radius 3 is 3.06 bits per heavy atom. The van der Waals surface area contributed by atoms with Gasteiger partial charge < -0.3 is 5.32 Å². The highest BCUT2D eigenvalue weighted by Crippen LogP contribution is 2.15. The molecule has 2 rings (SSSR count). The van der Waals surface area contributed by atoms with Gasteiger partial charge >= 0.3 is 0 Å². The van der Waals surface area contributed by atoms with Crippen LogP contribution in [-0.4, -0.2) is 35.1 Å². The summed E-state index contributed by atoms with van der Waals surface area (Å²) in [5.74, 6) is 0.